The highest BCUT2D eigenvalue weighted by Crippen LogP contribution is 2.27. The van der Waals surface area contributed by atoms with E-state index in [1.165, 1.54) is 10.6 Å². The summed E-state index contributed by atoms with van der Waals surface area (Å²) >= 11 is 12.2. The van der Waals surface area contributed by atoms with Gasteiger partial charge in [-0.15, -0.1) is 0 Å². The van der Waals surface area contributed by atoms with Crippen molar-refractivity contribution >= 4 is 52.6 Å². The third-order valence-electron chi connectivity index (χ3n) is 7.52. The molecule has 11 nitrogen and oxygen atoms in total. The van der Waals surface area contributed by atoms with E-state index >= 15 is 0 Å². The summed E-state index contributed by atoms with van der Waals surface area (Å²) in [5.74, 6) is 0.256. The summed E-state index contributed by atoms with van der Waals surface area (Å²) in [6, 6.07) is 11.0. The molecule has 1 saturated heterocycles. The van der Waals surface area contributed by atoms with Crippen LogP contribution in [0.1, 0.15) is 51.7 Å². The Morgan fingerprint density at radius 1 is 1.10 bits per heavy atom. The number of halogens is 2. The van der Waals surface area contributed by atoms with Crippen LogP contribution in [0, 0.1) is 10.8 Å². The Morgan fingerprint density at radius 2 is 1.81 bits per heavy atom. The van der Waals surface area contributed by atoms with Crippen LogP contribution in [0.5, 0.6) is 0 Å². The highest BCUT2D eigenvalue weighted by molar-refractivity contribution is 6.42. The molecule has 3 heterocycles. The van der Waals surface area contributed by atoms with Gasteiger partial charge in [0.2, 0.25) is 5.95 Å². The second-order valence-electron chi connectivity index (χ2n) is 10.2. The number of nitrogens with zero attached hydrogens (tertiary/aromatic N) is 4. The van der Waals surface area contributed by atoms with Gasteiger partial charge in [0.25, 0.3) is 17.4 Å². The van der Waals surface area contributed by atoms with Gasteiger partial charge in [-0.2, -0.15) is 0 Å². The maximum Gasteiger partial charge on any atom is 0.263 e. The number of carbonyl (C=O) groups is 2. The number of hydrogen-bond acceptors (Lipinski definition) is 7. The van der Waals surface area contributed by atoms with Crippen molar-refractivity contribution in [3.8, 4) is 5.69 Å². The summed E-state index contributed by atoms with van der Waals surface area (Å²) in [6.07, 6.45) is 1.70. The Labute approximate surface area is 252 Å². The van der Waals surface area contributed by atoms with Crippen molar-refractivity contribution in [2.45, 2.75) is 38.8 Å². The molecule has 3 aromatic rings. The summed E-state index contributed by atoms with van der Waals surface area (Å²) in [7, 11) is 1.54. The number of fused-ring (bicyclic) bond motifs is 1. The average molecular weight is 610 g/mol. The molecule has 0 aliphatic carbocycles. The number of anilines is 1. The Morgan fingerprint density at radius 3 is 2.45 bits per heavy atom. The van der Waals surface area contributed by atoms with Crippen LogP contribution in [0.2, 0.25) is 10.0 Å². The number of amides is 2. The van der Waals surface area contributed by atoms with Crippen molar-refractivity contribution in [3.05, 3.63) is 85.2 Å². The van der Waals surface area contributed by atoms with Gasteiger partial charge in [-0.3, -0.25) is 25.2 Å². The molecule has 2 aromatic carbocycles. The molecule has 4 N–H and O–H groups in total. The molecular formula is C29H30Cl2N8O3. The second kappa shape index (κ2) is 11.9. The minimum atomic E-state index is -0.302. The topological polar surface area (TPSA) is 147 Å². The number of hydrogen-bond donors (Lipinski definition) is 4. The smallest absolute Gasteiger partial charge is 0.263 e. The zero-order valence-electron chi connectivity index (χ0n) is 23.1. The quantitative estimate of drug-likeness (QED) is 0.246. The maximum absolute atomic E-state index is 14.0. The van der Waals surface area contributed by atoms with E-state index in [1.807, 2.05) is 6.92 Å². The van der Waals surface area contributed by atoms with Crippen LogP contribution >= 0.6 is 23.2 Å². The lowest BCUT2D eigenvalue weighted by Crippen LogP contribution is -2.46. The predicted octanol–water partition coefficient (Wildman–Crippen LogP) is 3.95. The molecule has 1 atom stereocenters. The zero-order chi connectivity index (χ0) is 30.1. The third-order valence-corrected chi connectivity index (χ3v) is 8.26. The van der Waals surface area contributed by atoms with Gasteiger partial charge in [0, 0.05) is 42.7 Å². The molecule has 2 aliphatic heterocycles. The first-order valence-electron chi connectivity index (χ1n) is 13.5. The van der Waals surface area contributed by atoms with E-state index < -0.39 is 0 Å². The molecule has 0 unspecified atom stereocenters. The fraction of sp³-hybridized carbons (Fsp3) is 0.310. The third kappa shape index (κ3) is 5.62. The van der Waals surface area contributed by atoms with Crippen LogP contribution in [0.25, 0.3) is 5.69 Å². The fourth-order valence-corrected chi connectivity index (χ4v) is 5.52. The average Bonchev–Trinajstić information content (AvgIpc) is 3.42. The van der Waals surface area contributed by atoms with E-state index in [4.69, 9.17) is 39.0 Å². The molecule has 13 heteroatoms. The van der Waals surface area contributed by atoms with Crippen molar-refractivity contribution in [1.82, 2.24) is 24.7 Å². The van der Waals surface area contributed by atoms with Crippen LogP contribution < -0.4 is 16.2 Å². The number of carbonyl (C=O) groups excluding carboxylic acids is 2. The fourth-order valence-electron chi connectivity index (χ4n) is 5.22. The maximum atomic E-state index is 14.0. The van der Waals surface area contributed by atoms with Crippen LogP contribution in [0.4, 0.5) is 5.95 Å². The first kappa shape index (κ1) is 29.3. The van der Waals surface area contributed by atoms with E-state index in [0.29, 0.717) is 51.9 Å². The Balaban J connectivity index is 1.52. The molecule has 1 aromatic heterocycles. The molecule has 218 valence electrons. The van der Waals surface area contributed by atoms with Crippen LogP contribution in [-0.4, -0.2) is 69.0 Å². The molecule has 0 spiro atoms. The minimum Gasteiger partial charge on any atom is -0.355 e. The van der Waals surface area contributed by atoms with Gasteiger partial charge in [-0.1, -0.05) is 23.2 Å². The van der Waals surface area contributed by atoms with Gasteiger partial charge in [-0.05, 0) is 62.2 Å². The van der Waals surface area contributed by atoms with Gasteiger partial charge in [0.1, 0.15) is 11.7 Å². The SMILES string of the molecule is CNC(=O)c1ccc(-n2c(NCC(=N)N3CCCC3=N)nc3c(c2=O)C[C@@H](C)N(C(=O)c2ccc(Cl)c(Cl)c2)C3)cc1. The summed E-state index contributed by atoms with van der Waals surface area (Å²) in [6.45, 7) is 2.60. The van der Waals surface area contributed by atoms with Gasteiger partial charge in [-0.25, -0.2) is 9.55 Å². The number of likely N-dealkylation sites (tertiary alicyclic amines) is 1. The molecule has 0 saturated carbocycles. The number of rotatable bonds is 6. The van der Waals surface area contributed by atoms with Crippen molar-refractivity contribution in [2.24, 2.45) is 0 Å². The lowest BCUT2D eigenvalue weighted by Gasteiger charge is -2.34. The largest absolute Gasteiger partial charge is 0.355 e. The number of benzene rings is 2. The lowest BCUT2D eigenvalue weighted by atomic mass is 9.98. The highest BCUT2D eigenvalue weighted by Gasteiger charge is 2.32. The van der Waals surface area contributed by atoms with Gasteiger partial charge in [0.15, 0.2) is 0 Å². The van der Waals surface area contributed by atoms with Crippen molar-refractivity contribution in [1.29, 1.82) is 10.8 Å². The van der Waals surface area contributed by atoms with E-state index in [2.05, 4.69) is 10.6 Å². The molecule has 0 bridgehead atoms. The van der Waals surface area contributed by atoms with Crippen molar-refractivity contribution < 1.29 is 9.59 Å². The summed E-state index contributed by atoms with van der Waals surface area (Å²) < 4.78 is 1.43. The Bertz CT molecular complexity index is 1650. The zero-order valence-corrected chi connectivity index (χ0v) is 24.6. The van der Waals surface area contributed by atoms with Crippen LogP contribution in [0.15, 0.2) is 47.3 Å². The standard InChI is InChI=1S/C29H30Cl2N8O3/c1-16-12-20-23(15-38(16)27(41)18-7-10-21(30)22(31)13-18)36-29(35-14-25(33)37-11-3-4-24(37)32)39(28(20)42)19-8-5-17(6-9-19)26(40)34-2/h5-10,13,16,32-33H,3-4,11-12,14-15H2,1-2H3,(H,34,40)(H,35,36)/t16-/m1/s1. The summed E-state index contributed by atoms with van der Waals surface area (Å²) in [5, 5.41) is 22.9. The first-order chi connectivity index (χ1) is 20.1. The molecule has 0 radical (unpaired) electrons. The van der Waals surface area contributed by atoms with E-state index in [0.717, 1.165) is 6.42 Å². The normalized spacial score (nSPS) is 16.3. The van der Waals surface area contributed by atoms with E-state index in [-0.39, 0.29) is 59.7 Å². The molecule has 1 fully saturated rings. The molecular weight excluding hydrogens is 579 g/mol. The second-order valence-corrected chi connectivity index (χ2v) is 11.1. The monoisotopic (exact) mass is 608 g/mol. The van der Waals surface area contributed by atoms with Crippen LogP contribution in [-0.2, 0) is 13.0 Å². The number of nitrogens with one attached hydrogen (secondary N) is 4. The van der Waals surface area contributed by atoms with Gasteiger partial charge in [0.05, 0.1) is 34.5 Å². The minimum absolute atomic E-state index is 0.0340. The highest BCUT2D eigenvalue weighted by atomic mass is 35.5. The number of amidine groups is 2. The lowest BCUT2D eigenvalue weighted by molar-refractivity contribution is 0.0653. The van der Waals surface area contributed by atoms with Gasteiger partial charge >= 0.3 is 0 Å². The summed E-state index contributed by atoms with van der Waals surface area (Å²) in [4.78, 5) is 47.6. The predicted molar refractivity (Wildman–Crippen MR) is 163 cm³/mol. The molecule has 2 amide bonds. The molecule has 2 aliphatic rings. The number of aromatic nitrogens is 2. The molecule has 42 heavy (non-hydrogen) atoms. The molecule has 5 rings (SSSR count). The van der Waals surface area contributed by atoms with Crippen LogP contribution in [0.3, 0.4) is 0 Å². The Hall–Kier alpha value is -4.22. The van der Waals surface area contributed by atoms with E-state index in [1.54, 1.807) is 53.2 Å². The van der Waals surface area contributed by atoms with Crippen molar-refractivity contribution in [3.63, 3.8) is 0 Å². The van der Waals surface area contributed by atoms with Gasteiger partial charge < -0.3 is 20.4 Å². The Kier molecular flexibility index (Phi) is 8.33. The van der Waals surface area contributed by atoms with E-state index in [9.17, 15) is 14.4 Å². The first-order valence-corrected chi connectivity index (χ1v) is 14.2. The van der Waals surface area contributed by atoms with Crippen molar-refractivity contribution in [2.75, 3.05) is 25.5 Å². The summed E-state index contributed by atoms with van der Waals surface area (Å²) in [5.41, 5.74) is 1.95.